The minimum absolute atomic E-state index is 0.000690. The van der Waals surface area contributed by atoms with Crippen molar-refractivity contribution in [3.63, 3.8) is 0 Å². The second-order valence-corrected chi connectivity index (χ2v) is 10.5. The summed E-state index contributed by atoms with van der Waals surface area (Å²) in [5, 5.41) is -0.878. The molecule has 0 aliphatic carbocycles. The average molecular weight is 455 g/mol. The van der Waals surface area contributed by atoms with E-state index in [0.29, 0.717) is 6.42 Å². The Kier molecular flexibility index (Phi) is 14.9. The smallest absolute Gasteiger partial charge is 0.271 e. The molecular weight excluding hydrogens is 408 g/mol. The molecule has 0 fully saturated rings. The number of hydrogen-bond donors (Lipinski definition) is 1. The zero-order chi connectivity index (χ0) is 23.0. The molecule has 0 saturated carbocycles. The molecule has 0 aromatic heterocycles. The molecule has 1 atom stereocenters. The molecule has 5 heteroatoms. The summed E-state index contributed by atoms with van der Waals surface area (Å²) in [7, 11) is -4.09. The molecule has 4 nitrogen and oxygen atoms in total. The predicted octanol–water partition coefficient (Wildman–Crippen LogP) is 7.54. The van der Waals surface area contributed by atoms with Gasteiger partial charge in [0.2, 0.25) is 0 Å². The van der Waals surface area contributed by atoms with Crippen LogP contribution < -0.4 is 4.74 Å². The highest BCUT2D eigenvalue weighted by molar-refractivity contribution is 7.86. The molecule has 1 unspecified atom stereocenters. The number of ether oxygens (including phenoxy) is 1. The lowest BCUT2D eigenvalue weighted by Crippen LogP contribution is -2.27. The first-order chi connectivity index (χ1) is 14.9. The van der Waals surface area contributed by atoms with Gasteiger partial charge in [-0.3, -0.25) is 4.55 Å². The Bertz CT molecular complexity index is 685. The van der Waals surface area contributed by atoms with Crippen LogP contribution in [0.25, 0.3) is 0 Å². The normalized spacial score (nSPS) is 12.8. The molecule has 0 spiro atoms. The Hall–Kier alpha value is -1.07. The summed E-state index contributed by atoms with van der Waals surface area (Å²) in [6, 6.07) is 6.17. The number of benzene rings is 1. The van der Waals surface area contributed by atoms with Crippen LogP contribution in [0.5, 0.6) is 5.75 Å². The molecule has 0 radical (unpaired) electrons. The largest absolute Gasteiger partial charge is 0.492 e. The van der Waals surface area contributed by atoms with Gasteiger partial charge in [-0.15, -0.1) is 0 Å². The molecule has 0 aliphatic rings. The van der Waals surface area contributed by atoms with E-state index in [1.807, 2.05) is 12.1 Å². The maximum Gasteiger partial charge on any atom is 0.271 e. The number of unbranched alkanes of at least 4 members (excludes halogenated alkanes) is 10. The Labute approximate surface area is 191 Å². The third kappa shape index (κ3) is 11.9. The van der Waals surface area contributed by atoms with Crippen molar-refractivity contribution in [3.8, 4) is 5.75 Å². The van der Waals surface area contributed by atoms with E-state index in [2.05, 4.69) is 19.9 Å². The molecular formula is C26H46O4S. The maximum atomic E-state index is 11.6. The van der Waals surface area contributed by atoms with Crippen LogP contribution in [-0.2, 0) is 23.0 Å². The van der Waals surface area contributed by atoms with E-state index in [9.17, 15) is 13.0 Å². The number of hydrogen-bond acceptors (Lipinski definition) is 3. The number of aryl methyl sites for hydroxylation is 1. The van der Waals surface area contributed by atoms with Gasteiger partial charge in [-0.05, 0) is 49.3 Å². The van der Waals surface area contributed by atoms with Crippen molar-refractivity contribution in [2.24, 2.45) is 0 Å². The summed E-state index contributed by atoms with van der Waals surface area (Å²) < 4.78 is 38.5. The lowest BCUT2D eigenvalue weighted by Gasteiger charge is -2.18. The zero-order valence-electron chi connectivity index (χ0n) is 20.2. The van der Waals surface area contributed by atoms with E-state index < -0.39 is 15.4 Å². The van der Waals surface area contributed by atoms with Crippen molar-refractivity contribution < 1.29 is 17.7 Å². The van der Waals surface area contributed by atoms with E-state index >= 15 is 0 Å². The molecule has 1 aromatic carbocycles. The highest BCUT2D eigenvalue weighted by Gasteiger charge is 2.22. The van der Waals surface area contributed by atoms with Gasteiger partial charge in [0.1, 0.15) is 17.6 Å². The first kappa shape index (κ1) is 28.0. The molecule has 0 aliphatic heterocycles. The van der Waals surface area contributed by atoms with Crippen LogP contribution in [0.3, 0.4) is 0 Å². The van der Waals surface area contributed by atoms with Gasteiger partial charge >= 0.3 is 0 Å². The topological polar surface area (TPSA) is 63.6 Å². The van der Waals surface area contributed by atoms with Crippen molar-refractivity contribution in [2.75, 3.05) is 6.61 Å². The Balaban J connectivity index is 2.78. The lowest BCUT2D eigenvalue weighted by atomic mass is 9.95. The Morgan fingerprint density at radius 1 is 0.806 bits per heavy atom. The highest BCUT2D eigenvalue weighted by atomic mass is 32.2. The molecule has 0 heterocycles. The third-order valence-corrected chi connectivity index (χ3v) is 7.42. The van der Waals surface area contributed by atoms with Crippen LogP contribution in [0.2, 0.25) is 0 Å². The first-order valence-corrected chi connectivity index (χ1v) is 14.1. The molecule has 1 rings (SSSR count). The van der Waals surface area contributed by atoms with E-state index in [0.717, 1.165) is 25.0 Å². The summed E-state index contributed by atoms with van der Waals surface area (Å²) in [6.07, 6.45) is 17.4. The summed E-state index contributed by atoms with van der Waals surface area (Å²) in [5.41, 5.74) is 2.57. The molecule has 180 valence electrons. The maximum absolute atomic E-state index is 11.6. The van der Waals surface area contributed by atoms with Gasteiger partial charge in [0.15, 0.2) is 0 Å². The number of rotatable bonds is 19. The van der Waals surface area contributed by atoms with Gasteiger partial charge in [-0.2, -0.15) is 8.42 Å². The summed E-state index contributed by atoms with van der Waals surface area (Å²) in [6.45, 7) is 6.23. The van der Waals surface area contributed by atoms with Gasteiger partial charge < -0.3 is 4.74 Å². The molecule has 1 N–H and O–H groups in total. The van der Waals surface area contributed by atoms with E-state index in [1.54, 1.807) is 6.92 Å². The van der Waals surface area contributed by atoms with Crippen LogP contribution in [-0.4, -0.2) is 24.8 Å². The Morgan fingerprint density at radius 3 is 1.90 bits per heavy atom. The molecule has 0 saturated heterocycles. The second-order valence-electron chi connectivity index (χ2n) is 8.79. The first-order valence-electron chi connectivity index (χ1n) is 12.6. The fourth-order valence-corrected chi connectivity index (χ4v) is 4.70. The molecule has 31 heavy (non-hydrogen) atoms. The van der Waals surface area contributed by atoms with Gasteiger partial charge in [-0.25, -0.2) is 0 Å². The predicted molar refractivity (Wildman–Crippen MR) is 132 cm³/mol. The van der Waals surface area contributed by atoms with Crippen LogP contribution in [0.15, 0.2) is 18.2 Å². The zero-order valence-corrected chi connectivity index (χ0v) is 21.0. The minimum Gasteiger partial charge on any atom is -0.492 e. The van der Waals surface area contributed by atoms with Gasteiger partial charge in [0.25, 0.3) is 10.1 Å². The standard InChI is InChI=1S/C26H46O4S/c1-4-7-9-11-13-15-18-23-19-17-21-26(30-22-24(6-3)31(27,28)29)25(23)20-16-14-12-10-8-5-2/h17,19,21,24H,4-16,18,20,22H2,1-3H3,(H,27,28,29). The summed E-state index contributed by atoms with van der Waals surface area (Å²) in [5.74, 6) is 0.791. The molecule has 0 bridgehead atoms. The van der Waals surface area contributed by atoms with Crippen LogP contribution >= 0.6 is 0 Å². The van der Waals surface area contributed by atoms with Gasteiger partial charge in [0, 0.05) is 0 Å². The van der Waals surface area contributed by atoms with Crippen molar-refractivity contribution in [2.45, 2.75) is 122 Å². The van der Waals surface area contributed by atoms with Crippen molar-refractivity contribution in [1.29, 1.82) is 0 Å². The van der Waals surface area contributed by atoms with E-state index in [1.165, 1.54) is 81.8 Å². The van der Waals surface area contributed by atoms with Crippen LogP contribution in [0, 0.1) is 0 Å². The monoisotopic (exact) mass is 454 g/mol. The molecule has 1 aromatic rings. The molecule has 0 amide bonds. The SMILES string of the molecule is CCCCCCCCc1cccc(OCC(CC)S(=O)(=O)O)c1CCCCCCCC. The van der Waals surface area contributed by atoms with E-state index in [4.69, 9.17) is 4.74 Å². The van der Waals surface area contributed by atoms with Crippen molar-refractivity contribution >= 4 is 10.1 Å². The average Bonchev–Trinajstić information content (AvgIpc) is 2.73. The van der Waals surface area contributed by atoms with Crippen molar-refractivity contribution in [3.05, 3.63) is 29.3 Å². The third-order valence-electron chi connectivity index (χ3n) is 6.11. The van der Waals surface area contributed by atoms with E-state index in [-0.39, 0.29) is 6.61 Å². The fraction of sp³-hybridized carbons (Fsp3) is 0.769. The van der Waals surface area contributed by atoms with Crippen LogP contribution in [0.1, 0.15) is 115 Å². The Morgan fingerprint density at radius 2 is 1.35 bits per heavy atom. The lowest BCUT2D eigenvalue weighted by molar-refractivity contribution is 0.298. The fourth-order valence-electron chi connectivity index (χ4n) is 4.04. The van der Waals surface area contributed by atoms with Gasteiger partial charge in [0.05, 0.1) is 0 Å². The van der Waals surface area contributed by atoms with Crippen LogP contribution in [0.4, 0.5) is 0 Å². The summed E-state index contributed by atoms with van der Waals surface area (Å²) >= 11 is 0. The minimum atomic E-state index is -4.09. The highest BCUT2D eigenvalue weighted by Crippen LogP contribution is 2.27. The summed E-state index contributed by atoms with van der Waals surface area (Å²) in [4.78, 5) is 0. The van der Waals surface area contributed by atoms with Gasteiger partial charge in [-0.1, -0.05) is 97.1 Å². The van der Waals surface area contributed by atoms with Crippen molar-refractivity contribution in [1.82, 2.24) is 0 Å². The second kappa shape index (κ2) is 16.5. The quantitative estimate of drug-likeness (QED) is 0.173.